The lowest BCUT2D eigenvalue weighted by molar-refractivity contribution is -0.133. The van der Waals surface area contributed by atoms with Gasteiger partial charge in [0.2, 0.25) is 5.95 Å². The van der Waals surface area contributed by atoms with E-state index >= 15 is 0 Å². The van der Waals surface area contributed by atoms with E-state index in [1.165, 1.54) is 4.90 Å². The first-order valence-electron chi connectivity index (χ1n) is 10.7. The van der Waals surface area contributed by atoms with Crippen molar-refractivity contribution in [3.63, 3.8) is 0 Å². The minimum atomic E-state index is -0.722. The van der Waals surface area contributed by atoms with Gasteiger partial charge in [0.15, 0.2) is 0 Å². The Labute approximate surface area is 200 Å². The predicted molar refractivity (Wildman–Crippen MR) is 129 cm³/mol. The van der Waals surface area contributed by atoms with Gasteiger partial charge in [0, 0.05) is 36.9 Å². The van der Waals surface area contributed by atoms with E-state index in [2.05, 4.69) is 25.4 Å². The van der Waals surface area contributed by atoms with Crippen molar-refractivity contribution < 1.29 is 15.0 Å². The number of carbonyl (C=O) groups excluding carboxylic acids is 1. The smallest absolute Gasteiger partial charge is 0.251 e. The Kier molecular flexibility index (Phi) is 7.58. The second kappa shape index (κ2) is 11.0. The second-order valence-corrected chi connectivity index (χ2v) is 8.43. The number of rotatable bonds is 6. The summed E-state index contributed by atoms with van der Waals surface area (Å²) in [5.41, 5.74) is 3.54. The van der Waals surface area contributed by atoms with Gasteiger partial charge in [0.05, 0.1) is 30.7 Å². The predicted octanol–water partition coefficient (Wildman–Crippen LogP) is 2.41. The number of aliphatic hydroxyl groups is 2. The monoisotopic (exact) mass is 479 g/mol. The molecule has 0 spiro atoms. The van der Waals surface area contributed by atoms with E-state index in [4.69, 9.17) is 10.2 Å². The molecule has 5 rings (SSSR count). The molecule has 1 unspecified atom stereocenters. The van der Waals surface area contributed by atoms with Crippen LogP contribution in [-0.2, 0) is 11.3 Å². The lowest BCUT2D eigenvalue weighted by Crippen LogP contribution is -2.24. The fraction of sp³-hybridized carbons (Fsp3) is 0.261. The number of likely N-dealkylation sites (N-methyl/N-ethyl adjacent to an activating group) is 1. The summed E-state index contributed by atoms with van der Waals surface area (Å²) >= 11 is 1.55. The maximum Gasteiger partial charge on any atom is 0.251 e. The van der Waals surface area contributed by atoms with Crippen LogP contribution in [0.1, 0.15) is 6.42 Å². The van der Waals surface area contributed by atoms with E-state index < -0.39 is 6.10 Å². The minimum Gasteiger partial charge on any atom is -0.394 e. The summed E-state index contributed by atoms with van der Waals surface area (Å²) in [6.07, 6.45) is 5.04. The van der Waals surface area contributed by atoms with E-state index in [1.54, 1.807) is 41.7 Å². The quantitative estimate of drug-likeness (QED) is 0.385. The molecule has 1 atom stereocenters. The van der Waals surface area contributed by atoms with Crippen LogP contribution in [0.15, 0.2) is 60.4 Å². The van der Waals surface area contributed by atoms with Gasteiger partial charge in [-0.3, -0.25) is 9.48 Å². The van der Waals surface area contributed by atoms with Crippen LogP contribution in [0.2, 0.25) is 0 Å². The van der Waals surface area contributed by atoms with E-state index in [1.807, 2.05) is 41.8 Å². The highest BCUT2D eigenvalue weighted by Gasteiger charge is 2.26. The third-order valence-corrected chi connectivity index (χ3v) is 5.93. The molecule has 1 saturated heterocycles. The van der Waals surface area contributed by atoms with Crippen LogP contribution in [0.4, 0.5) is 11.6 Å². The third-order valence-electron chi connectivity index (χ3n) is 5.07. The Balaban J connectivity index is 0.000000291. The number of amides is 1. The van der Waals surface area contributed by atoms with Crippen molar-refractivity contribution in [2.24, 2.45) is 0 Å². The van der Waals surface area contributed by atoms with Gasteiger partial charge >= 0.3 is 0 Å². The van der Waals surface area contributed by atoms with Crippen LogP contribution in [0.5, 0.6) is 0 Å². The highest BCUT2D eigenvalue weighted by Crippen LogP contribution is 2.28. The number of aromatic nitrogens is 5. The summed E-state index contributed by atoms with van der Waals surface area (Å²) in [4.78, 5) is 25.6. The summed E-state index contributed by atoms with van der Waals surface area (Å²) in [6.45, 7) is 1.19. The van der Waals surface area contributed by atoms with Crippen molar-refractivity contribution in [2.75, 3.05) is 25.5 Å². The maximum atomic E-state index is 10.6. The molecule has 1 fully saturated rings. The lowest BCUT2D eigenvalue weighted by Gasteiger charge is -2.04. The maximum absolute atomic E-state index is 10.6. The number of aliphatic hydroxyl groups excluding tert-OH is 2. The molecule has 0 saturated carbocycles. The Morgan fingerprint density at radius 2 is 2.00 bits per heavy atom. The average Bonchev–Trinajstić information content (AvgIpc) is 3.59. The van der Waals surface area contributed by atoms with Gasteiger partial charge < -0.3 is 20.4 Å². The van der Waals surface area contributed by atoms with Crippen molar-refractivity contribution >= 4 is 28.9 Å². The SMILES string of the molecule is CN1CCC(O)C1=O.OCCn1cc(Nc2nccc(-c3nc(-c4ccccc4)cs3)n2)cn1. The highest BCUT2D eigenvalue weighted by molar-refractivity contribution is 7.13. The minimum absolute atomic E-state index is 0.0426. The zero-order valence-corrected chi connectivity index (χ0v) is 19.4. The molecule has 1 aromatic carbocycles. The van der Waals surface area contributed by atoms with Gasteiger partial charge in [-0.15, -0.1) is 11.3 Å². The van der Waals surface area contributed by atoms with Crippen molar-refractivity contribution in [1.29, 1.82) is 0 Å². The number of likely N-dealkylation sites (tertiary alicyclic amines) is 1. The summed E-state index contributed by atoms with van der Waals surface area (Å²) in [6, 6.07) is 11.9. The fourth-order valence-corrected chi connectivity index (χ4v) is 4.05. The summed E-state index contributed by atoms with van der Waals surface area (Å²) < 4.78 is 1.65. The number of nitrogens with one attached hydrogen (secondary N) is 1. The Morgan fingerprint density at radius 3 is 2.68 bits per heavy atom. The highest BCUT2D eigenvalue weighted by atomic mass is 32.1. The van der Waals surface area contributed by atoms with Crippen LogP contribution in [0.3, 0.4) is 0 Å². The number of thiazole rings is 1. The average molecular weight is 480 g/mol. The molecule has 176 valence electrons. The molecule has 4 aromatic rings. The molecule has 0 aliphatic carbocycles. The molecule has 0 bridgehead atoms. The Hall–Kier alpha value is -3.67. The summed E-state index contributed by atoms with van der Waals surface area (Å²) in [5.74, 6) is 0.326. The molecule has 1 aliphatic heterocycles. The van der Waals surface area contributed by atoms with Crippen molar-refractivity contribution in [2.45, 2.75) is 19.1 Å². The van der Waals surface area contributed by atoms with E-state index in [0.717, 1.165) is 27.6 Å². The summed E-state index contributed by atoms with van der Waals surface area (Å²) in [5, 5.41) is 27.9. The number of hydrogen-bond donors (Lipinski definition) is 3. The molecule has 1 amide bonds. The first kappa shape index (κ1) is 23.5. The topological polar surface area (TPSA) is 129 Å². The number of carbonyl (C=O) groups is 1. The molecule has 3 N–H and O–H groups in total. The van der Waals surface area contributed by atoms with Crippen molar-refractivity contribution in [1.82, 2.24) is 29.6 Å². The third kappa shape index (κ3) is 5.81. The Morgan fingerprint density at radius 1 is 1.18 bits per heavy atom. The second-order valence-electron chi connectivity index (χ2n) is 7.57. The normalized spacial score (nSPS) is 15.2. The van der Waals surface area contributed by atoms with Crippen molar-refractivity contribution in [3.05, 3.63) is 60.4 Å². The fourth-order valence-electron chi connectivity index (χ4n) is 3.26. The summed E-state index contributed by atoms with van der Waals surface area (Å²) in [7, 11) is 1.69. The van der Waals surface area contributed by atoms with Crippen molar-refractivity contribution in [3.8, 4) is 22.0 Å². The number of hydrogen-bond acceptors (Lipinski definition) is 9. The van der Waals surface area contributed by atoms with Crippen LogP contribution < -0.4 is 5.32 Å². The zero-order chi connectivity index (χ0) is 23.9. The molecule has 0 radical (unpaired) electrons. The molecule has 1 aliphatic rings. The molecule has 10 nitrogen and oxygen atoms in total. The lowest BCUT2D eigenvalue weighted by atomic mass is 10.2. The van der Waals surface area contributed by atoms with E-state index in [0.29, 0.717) is 25.5 Å². The van der Waals surface area contributed by atoms with E-state index in [-0.39, 0.29) is 12.5 Å². The number of benzene rings is 1. The molecular formula is C23H25N7O3S. The van der Waals surface area contributed by atoms with E-state index in [9.17, 15) is 4.79 Å². The first-order chi connectivity index (χ1) is 16.5. The van der Waals surface area contributed by atoms with Gasteiger partial charge in [0.1, 0.15) is 16.8 Å². The van der Waals surface area contributed by atoms with Crippen LogP contribution in [-0.4, -0.2) is 72.1 Å². The van der Waals surface area contributed by atoms with Crippen LogP contribution >= 0.6 is 11.3 Å². The molecule has 34 heavy (non-hydrogen) atoms. The molecule has 11 heteroatoms. The van der Waals surface area contributed by atoms with Gasteiger partial charge in [-0.1, -0.05) is 30.3 Å². The van der Waals surface area contributed by atoms with Gasteiger partial charge in [-0.05, 0) is 12.5 Å². The molecular weight excluding hydrogens is 454 g/mol. The van der Waals surface area contributed by atoms with Gasteiger partial charge in [-0.2, -0.15) is 5.10 Å². The first-order valence-corrected chi connectivity index (χ1v) is 11.6. The van der Waals surface area contributed by atoms with Gasteiger partial charge in [-0.25, -0.2) is 15.0 Å². The van der Waals surface area contributed by atoms with Crippen LogP contribution in [0, 0.1) is 0 Å². The molecule has 3 aromatic heterocycles. The standard InChI is InChI=1S/C18H16N6OS.C5H9NO2/c25-9-8-24-11-14(10-20-24)21-18-19-7-6-15(23-18)17-22-16(12-26-17)13-4-2-1-3-5-13;1-6-3-2-4(7)5(6)8/h1-7,10-12,25H,8-9H2,(H,19,21,23);4,7H,2-3H2,1H3. The zero-order valence-electron chi connectivity index (χ0n) is 18.6. The van der Waals surface area contributed by atoms with Crippen LogP contribution in [0.25, 0.3) is 22.0 Å². The number of nitrogens with zero attached hydrogens (tertiary/aromatic N) is 6. The number of anilines is 2. The Bertz CT molecular complexity index is 1220. The largest absolute Gasteiger partial charge is 0.394 e. The van der Waals surface area contributed by atoms with Gasteiger partial charge in [0.25, 0.3) is 5.91 Å². The molecule has 4 heterocycles.